The van der Waals surface area contributed by atoms with Gasteiger partial charge in [0.25, 0.3) is 0 Å². The summed E-state index contributed by atoms with van der Waals surface area (Å²) in [5, 5.41) is 0.0619. The molecule has 0 bridgehead atoms. The summed E-state index contributed by atoms with van der Waals surface area (Å²) >= 11 is 5.59. The van der Waals surface area contributed by atoms with Crippen molar-refractivity contribution in [1.29, 1.82) is 0 Å². The quantitative estimate of drug-likeness (QED) is 0.884. The highest BCUT2D eigenvalue weighted by Gasteiger charge is 2.19. The molecule has 0 aliphatic rings. The van der Waals surface area contributed by atoms with Gasteiger partial charge in [-0.1, -0.05) is 17.7 Å². The molecule has 2 atom stereocenters. The average Bonchev–Trinajstić information content (AvgIpc) is 2.18. The number of carbonyl (C=O) groups is 1. The number of benzene rings is 1. The standard InChI is InChI=1S/C12H15ClFNO/c1-7(15)5-10(8(2)16)9-3-4-11(13)12(14)6-9/h3-4,6-7,10H,5,15H2,1-2H3. The van der Waals surface area contributed by atoms with Gasteiger partial charge >= 0.3 is 0 Å². The molecule has 0 saturated carbocycles. The SMILES string of the molecule is CC(=O)C(CC(C)N)c1ccc(Cl)c(F)c1. The maximum atomic E-state index is 13.3. The van der Waals surface area contributed by atoms with Crippen molar-refractivity contribution in [3.8, 4) is 0 Å². The zero-order valence-electron chi connectivity index (χ0n) is 9.34. The molecule has 0 aromatic heterocycles. The van der Waals surface area contributed by atoms with Crippen molar-refractivity contribution in [1.82, 2.24) is 0 Å². The Morgan fingerprint density at radius 3 is 2.62 bits per heavy atom. The number of halogens is 2. The number of hydrogen-bond acceptors (Lipinski definition) is 2. The van der Waals surface area contributed by atoms with E-state index >= 15 is 0 Å². The van der Waals surface area contributed by atoms with Crippen LogP contribution in [0.1, 0.15) is 31.7 Å². The minimum absolute atomic E-state index is 0.0148. The Labute approximate surface area is 99.6 Å². The monoisotopic (exact) mass is 243 g/mol. The van der Waals surface area contributed by atoms with Crippen LogP contribution < -0.4 is 5.73 Å². The van der Waals surface area contributed by atoms with Gasteiger partial charge in [-0.2, -0.15) is 0 Å². The first kappa shape index (κ1) is 13.1. The lowest BCUT2D eigenvalue weighted by Gasteiger charge is -2.16. The van der Waals surface area contributed by atoms with Crippen molar-refractivity contribution in [2.45, 2.75) is 32.2 Å². The fourth-order valence-electron chi connectivity index (χ4n) is 1.64. The third kappa shape index (κ3) is 3.29. The van der Waals surface area contributed by atoms with E-state index in [0.29, 0.717) is 12.0 Å². The van der Waals surface area contributed by atoms with Crippen molar-refractivity contribution >= 4 is 17.4 Å². The van der Waals surface area contributed by atoms with E-state index in [4.69, 9.17) is 17.3 Å². The molecule has 0 radical (unpaired) electrons. The minimum Gasteiger partial charge on any atom is -0.328 e. The van der Waals surface area contributed by atoms with E-state index in [1.807, 2.05) is 6.92 Å². The molecule has 2 N–H and O–H groups in total. The van der Waals surface area contributed by atoms with Crippen LogP contribution in [-0.2, 0) is 4.79 Å². The van der Waals surface area contributed by atoms with Gasteiger partial charge in [-0.25, -0.2) is 4.39 Å². The predicted octanol–water partition coefficient (Wildman–Crippen LogP) is 2.89. The van der Waals surface area contributed by atoms with E-state index in [1.165, 1.54) is 19.1 Å². The smallest absolute Gasteiger partial charge is 0.142 e. The Kier molecular flexibility index (Phi) is 4.44. The van der Waals surface area contributed by atoms with Crippen molar-refractivity contribution < 1.29 is 9.18 Å². The van der Waals surface area contributed by atoms with Crippen LogP contribution in [0.5, 0.6) is 0 Å². The van der Waals surface area contributed by atoms with Gasteiger partial charge in [-0.15, -0.1) is 0 Å². The number of Topliss-reactive ketones (excluding diaryl/α,β-unsaturated/α-hetero) is 1. The number of ketones is 1. The summed E-state index contributed by atoms with van der Waals surface area (Å²) in [4.78, 5) is 11.5. The lowest BCUT2D eigenvalue weighted by atomic mass is 9.90. The summed E-state index contributed by atoms with van der Waals surface area (Å²) in [5.74, 6) is -0.874. The van der Waals surface area contributed by atoms with Crippen LogP contribution in [0.25, 0.3) is 0 Å². The zero-order chi connectivity index (χ0) is 12.3. The molecular formula is C12H15ClFNO. The van der Waals surface area contributed by atoms with Gasteiger partial charge in [0.2, 0.25) is 0 Å². The number of carbonyl (C=O) groups excluding carboxylic acids is 1. The molecule has 1 aromatic rings. The fraction of sp³-hybridized carbons (Fsp3) is 0.417. The molecule has 88 valence electrons. The van der Waals surface area contributed by atoms with Crippen LogP contribution in [0.3, 0.4) is 0 Å². The molecular weight excluding hydrogens is 229 g/mol. The molecule has 0 saturated heterocycles. The van der Waals surface area contributed by atoms with Crippen LogP contribution in [0, 0.1) is 5.82 Å². The Morgan fingerprint density at radius 1 is 1.56 bits per heavy atom. The number of nitrogens with two attached hydrogens (primary N) is 1. The van der Waals surface area contributed by atoms with E-state index in [1.54, 1.807) is 6.07 Å². The Morgan fingerprint density at radius 2 is 2.19 bits per heavy atom. The molecule has 0 aliphatic carbocycles. The first-order chi connectivity index (χ1) is 7.41. The average molecular weight is 244 g/mol. The third-order valence-corrected chi connectivity index (χ3v) is 2.75. The summed E-state index contributed by atoms with van der Waals surface area (Å²) in [7, 11) is 0. The topological polar surface area (TPSA) is 43.1 Å². The molecule has 2 nitrogen and oxygen atoms in total. The van der Waals surface area contributed by atoms with Gasteiger partial charge in [0.15, 0.2) is 0 Å². The third-order valence-electron chi connectivity index (χ3n) is 2.44. The van der Waals surface area contributed by atoms with Gasteiger partial charge in [-0.05, 0) is 38.0 Å². The summed E-state index contributed by atoms with van der Waals surface area (Å²) in [5.41, 5.74) is 6.30. The van der Waals surface area contributed by atoms with E-state index < -0.39 is 5.82 Å². The van der Waals surface area contributed by atoms with E-state index in [9.17, 15) is 9.18 Å². The van der Waals surface area contributed by atoms with Crippen LogP contribution in [0.15, 0.2) is 18.2 Å². The summed E-state index contributed by atoms with van der Waals surface area (Å²) in [6.07, 6.45) is 0.510. The summed E-state index contributed by atoms with van der Waals surface area (Å²) in [6.45, 7) is 3.31. The lowest BCUT2D eigenvalue weighted by Crippen LogP contribution is -2.22. The van der Waals surface area contributed by atoms with E-state index in [-0.39, 0.29) is 22.8 Å². The van der Waals surface area contributed by atoms with Crippen molar-refractivity contribution in [3.05, 3.63) is 34.6 Å². The van der Waals surface area contributed by atoms with E-state index in [0.717, 1.165) is 0 Å². The molecule has 0 spiro atoms. The molecule has 16 heavy (non-hydrogen) atoms. The first-order valence-corrected chi connectivity index (χ1v) is 5.50. The molecule has 1 aromatic carbocycles. The van der Waals surface area contributed by atoms with Gasteiger partial charge in [0.05, 0.1) is 5.02 Å². The maximum absolute atomic E-state index is 13.3. The lowest BCUT2D eigenvalue weighted by molar-refractivity contribution is -0.118. The Balaban J connectivity index is 3.01. The second-order valence-electron chi connectivity index (χ2n) is 4.05. The largest absolute Gasteiger partial charge is 0.328 e. The molecule has 0 heterocycles. The molecule has 4 heteroatoms. The van der Waals surface area contributed by atoms with Crippen molar-refractivity contribution in [2.75, 3.05) is 0 Å². The van der Waals surface area contributed by atoms with Gasteiger partial charge in [0, 0.05) is 12.0 Å². The predicted molar refractivity (Wildman–Crippen MR) is 63.1 cm³/mol. The maximum Gasteiger partial charge on any atom is 0.142 e. The zero-order valence-corrected chi connectivity index (χ0v) is 10.1. The normalized spacial score (nSPS) is 14.6. The van der Waals surface area contributed by atoms with Crippen LogP contribution in [0.4, 0.5) is 4.39 Å². The molecule has 0 amide bonds. The van der Waals surface area contributed by atoms with Crippen LogP contribution >= 0.6 is 11.6 Å². The fourth-order valence-corrected chi connectivity index (χ4v) is 1.76. The molecule has 2 unspecified atom stereocenters. The number of hydrogen-bond donors (Lipinski definition) is 1. The second-order valence-corrected chi connectivity index (χ2v) is 4.46. The highest BCUT2D eigenvalue weighted by molar-refractivity contribution is 6.30. The van der Waals surface area contributed by atoms with Gasteiger partial charge in [0.1, 0.15) is 11.6 Å². The molecule has 0 aliphatic heterocycles. The van der Waals surface area contributed by atoms with Crippen LogP contribution in [-0.4, -0.2) is 11.8 Å². The van der Waals surface area contributed by atoms with Crippen molar-refractivity contribution in [2.24, 2.45) is 5.73 Å². The highest BCUT2D eigenvalue weighted by atomic mass is 35.5. The summed E-state index contributed by atoms with van der Waals surface area (Å²) < 4.78 is 13.3. The Bertz CT molecular complexity index is 393. The van der Waals surface area contributed by atoms with Crippen molar-refractivity contribution in [3.63, 3.8) is 0 Å². The molecule has 1 rings (SSSR count). The Hall–Kier alpha value is -0.930. The van der Waals surface area contributed by atoms with Gasteiger partial charge in [-0.3, -0.25) is 4.79 Å². The summed E-state index contributed by atoms with van der Waals surface area (Å²) in [6, 6.07) is 4.33. The highest BCUT2D eigenvalue weighted by Crippen LogP contribution is 2.25. The molecule has 0 fully saturated rings. The second kappa shape index (κ2) is 5.41. The number of rotatable bonds is 4. The van der Waals surface area contributed by atoms with Gasteiger partial charge < -0.3 is 5.73 Å². The minimum atomic E-state index is -0.505. The first-order valence-electron chi connectivity index (χ1n) is 5.12. The van der Waals surface area contributed by atoms with E-state index in [2.05, 4.69) is 0 Å². The van der Waals surface area contributed by atoms with Crippen LogP contribution in [0.2, 0.25) is 5.02 Å².